The Labute approximate surface area is 77.4 Å². The first-order chi connectivity index (χ1) is 6.20. The van der Waals surface area contributed by atoms with Crippen LogP contribution in [-0.2, 0) is 4.79 Å². The fourth-order valence-electron chi connectivity index (χ4n) is 1.08. The Morgan fingerprint density at radius 3 is 3.00 bits per heavy atom. The maximum Gasteiger partial charge on any atom is 0.129 e. The Morgan fingerprint density at radius 2 is 2.46 bits per heavy atom. The predicted molar refractivity (Wildman–Crippen MR) is 49.1 cm³/mol. The average Bonchev–Trinajstić information content (AvgIpc) is 2.15. The molecule has 1 aromatic heterocycles. The fourth-order valence-corrected chi connectivity index (χ4v) is 1.08. The second kappa shape index (κ2) is 4.72. The summed E-state index contributed by atoms with van der Waals surface area (Å²) in [5.74, 6) is 0.0999. The van der Waals surface area contributed by atoms with Gasteiger partial charge in [-0.2, -0.15) is 0 Å². The SMILES string of the molecule is CC(=O)CCC(O)c1cccnc1. The van der Waals surface area contributed by atoms with Crippen molar-refractivity contribution < 1.29 is 9.90 Å². The van der Waals surface area contributed by atoms with Crippen molar-refractivity contribution in [3.63, 3.8) is 0 Å². The van der Waals surface area contributed by atoms with Gasteiger partial charge in [-0.25, -0.2) is 0 Å². The first-order valence-corrected chi connectivity index (χ1v) is 4.27. The molecule has 3 nitrogen and oxygen atoms in total. The molecule has 1 atom stereocenters. The highest BCUT2D eigenvalue weighted by molar-refractivity contribution is 5.75. The standard InChI is InChI=1S/C10H13NO2/c1-8(12)4-5-10(13)9-3-2-6-11-7-9/h2-3,6-7,10,13H,4-5H2,1H3. The molecule has 1 heterocycles. The number of aliphatic hydroxyl groups is 1. The third kappa shape index (κ3) is 3.34. The Balaban J connectivity index is 2.49. The van der Waals surface area contributed by atoms with Crippen molar-refractivity contribution in [3.05, 3.63) is 30.1 Å². The average molecular weight is 179 g/mol. The molecule has 0 aliphatic carbocycles. The largest absolute Gasteiger partial charge is 0.388 e. The third-order valence-corrected chi connectivity index (χ3v) is 1.84. The molecule has 0 amide bonds. The summed E-state index contributed by atoms with van der Waals surface area (Å²) >= 11 is 0. The molecule has 0 aliphatic rings. The van der Waals surface area contributed by atoms with E-state index >= 15 is 0 Å². The number of pyridine rings is 1. The van der Waals surface area contributed by atoms with Gasteiger partial charge in [0.2, 0.25) is 0 Å². The third-order valence-electron chi connectivity index (χ3n) is 1.84. The zero-order valence-electron chi connectivity index (χ0n) is 7.60. The molecule has 3 heteroatoms. The summed E-state index contributed by atoms with van der Waals surface area (Å²) in [6.45, 7) is 1.52. The zero-order chi connectivity index (χ0) is 9.68. The van der Waals surface area contributed by atoms with E-state index in [0.29, 0.717) is 12.8 Å². The molecule has 0 saturated heterocycles. The van der Waals surface area contributed by atoms with E-state index in [4.69, 9.17) is 0 Å². The highest BCUT2D eigenvalue weighted by Gasteiger charge is 2.07. The second-order valence-electron chi connectivity index (χ2n) is 3.04. The first kappa shape index (κ1) is 9.86. The van der Waals surface area contributed by atoms with Crippen LogP contribution in [0.15, 0.2) is 24.5 Å². The van der Waals surface area contributed by atoms with E-state index in [9.17, 15) is 9.90 Å². The number of nitrogens with zero attached hydrogens (tertiary/aromatic N) is 1. The molecule has 0 fully saturated rings. The number of Topliss-reactive ketones (excluding diaryl/α,β-unsaturated/α-hetero) is 1. The summed E-state index contributed by atoms with van der Waals surface area (Å²) in [5.41, 5.74) is 0.767. The van der Waals surface area contributed by atoms with Gasteiger partial charge in [-0.3, -0.25) is 4.98 Å². The van der Waals surface area contributed by atoms with E-state index in [-0.39, 0.29) is 5.78 Å². The molecule has 1 unspecified atom stereocenters. The van der Waals surface area contributed by atoms with Crippen molar-refractivity contribution in [2.45, 2.75) is 25.9 Å². The molecule has 0 radical (unpaired) electrons. The molecule has 0 spiro atoms. The molecule has 1 rings (SSSR count). The lowest BCUT2D eigenvalue weighted by atomic mass is 10.1. The lowest BCUT2D eigenvalue weighted by Crippen LogP contribution is -2.00. The number of carbonyl (C=O) groups is 1. The summed E-state index contributed by atoms with van der Waals surface area (Å²) in [6, 6.07) is 3.57. The molecule has 0 aliphatic heterocycles. The van der Waals surface area contributed by atoms with Crippen LogP contribution in [0, 0.1) is 0 Å². The highest BCUT2D eigenvalue weighted by atomic mass is 16.3. The topological polar surface area (TPSA) is 50.2 Å². The van der Waals surface area contributed by atoms with Crippen molar-refractivity contribution in [2.75, 3.05) is 0 Å². The van der Waals surface area contributed by atoms with Gasteiger partial charge in [-0.1, -0.05) is 6.07 Å². The maximum atomic E-state index is 10.7. The number of rotatable bonds is 4. The minimum absolute atomic E-state index is 0.0999. The molecule has 13 heavy (non-hydrogen) atoms. The fraction of sp³-hybridized carbons (Fsp3) is 0.400. The maximum absolute atomic E-state index is 10.7. The van der Waals surface area contributed by atoms with Crippen LogP contribution in [0.4, 0.5) is 0 Å². The normalized spacial score (nSPS) is 12.5. The van der Waals surface area contributed by atoms with Crippen molar-refractivity contribution in [3.8, 4) is 0 Å². The minimum Gasteiger partial charge on any atom is -0.388 e. The van der Waals surface area contributed by atoms with Crippen LogP contribution >= 0.6 is 0 Å². The van der Waals surface area contributed by atoms with Gasteiger partial charge in [0.15, 0.2) is 0 Å². The Morgan fingerprint density at radius 1 is 1.69 bits per heavy atom. The summed E-state index contributed by atoms with van der Waals surface area (Å²) in [4.78, 5) is 14.5. The molecule has 1 aromatic rings. The van der Waals surface area contributed by atoms with E-state index in [1.54, 1.807) is 24.5 Å². The second-order valence-corrected chi connectivity index (χ2v) is 3.04. The zero-order valence-corrected chi connectivity index (χ0v) is 7.60. The monoisotopic (exact) mass is 179 g/mol. The summed E-state index contributed by atoms with van der Waals surface area (Å²) in [5, 5.41) is 9.58. The van der Waals surface area contributed by atoms with E-state index in [1.165, 1.54) is 6.92 Å². The smallest absolute Gasteiger partial charge is 0.129 e. The van der Waals surface area contributed by atoms with Gasteiger partial charge in [0.1, 0.15) is 5.78 Å². The van der Waals surface area contributed by atoms with Gasteiger partial charge >= 0.3 is 0 Å². The summed E-state index contributed by atoms with van der Waals surface area (Å²) in [7, 11) is 0. The number of hydrogen-bond acceptors (Lipinski definition) is 3. The minimum atomic E-state index is -0.572. The van der Waals surface area contributed by atoms with Crippen LogP contribution in [0.1, 0.15) is 31.4 Å². The molecule has 1 N–H and O–H groups in total. The van der Waals surface area contributed by atoms with Crippen LogP contribution in [0.2, 0.25) is 0 Å². The lowest BCUT2D eigenvalue weighted by molar-refractivity contribution is -0.117. The van der Waals surface area contributed by atoms with Gasteiger partial charge in [0.25, 0.3) is 0 Å². The molecule has 70 valence electrons. The predicted octanol–water partition coefficient (Wildman–Crippen LogP) is 1.48. The lowest BCUT2D eigenvalue weighted by Gasteiger charge is -2.08. The van der Waals surface area contributed by atoms with Crippen molar-refractivity contribution in [1.29, 1.82) is 0 Å². The van der Waals surface area contributed by atoms with Gasteiger partial charge in [-0.15, -0.1) is 0 Å². The quantitative estimate of drug-likeness (QED) is 0.761. The van der Waals surface area contributed by atoms with Crippen LogP contribution < -0.4 is 0 Å². The number of aromatic nitrogens is 1. The van der Waals surface area contributed by atoms with Gasteiger partial charge in [0, 0.05) is 18.8 Å². The van der Waals surface area contributed by atoms with Crippen LogP contribution in [0.25, 0.3) is 0 Å². The number of carbonyl (C=O) groups excluding carboxylic acids is 1. The van der Waals surface area contributed by atoms with Crippen LogP contribution in [-0.4, -0.2) is 15.9 Å². The summed E-state index contributed by atoms with van der Waals surface area (Å²) < 4.78 is 0. The van der Waals surface area contributed by atoms with Crippen molar-refractivity contribution in [1.82, 2.24) is 4.98 Å². The van der Waals surface area contributed by atoms with E-state index < -0.39 is 6.10 Å². The van der Waals surface area contributed by atoms with E-state index in [2.05, 4.69) is 4.98 Å². The Hall–Kier alpha value is -1.22. The van der Waals surface area contributed by atoms with Crippen molar-refractivity contribution >= 4 is 5.78 Å². The van der Waals surface area contributed by atoms with E-state index in [0.717, 1.165) is 5.56 Å². The number of aliphatic hydroxyl groups excluding tert-OH is 1. The highest BCUT2D eigenvalue weighted by Crippen LogP contribution is 2.16. The van der Waals surface area contributed by atoms with Crippen molar-refractivity contribution in [2.24, 2.45) is 0 Å². The molecule has 0 saturated carbocycles. The Bertz CT molecular complexity index is 272. The Kier molecular flexibility index (Phi) is 3.58. The molecular weight excluding hydrogens is 166 g/mol. The van der Waals surface area contributed by atoms with Crippen LogP contribution in [0.5, 0.6) is 0 Å². The molecule has 0 aromatic carbocycles. The number of ketones is 1. The van der Waals surface area contributed by atoms with Gasteiger partial charge < -0.3 is 9.90 Å². The van der Waals surface area contributed by atoms with Gasteiger partial charge in [0.05, 0.1) is 6.10 Å². The first-order valence-electron chi connectivity index (χ1n) is 4.27. The van der Waals surface area contributed by atoms with E-state index in [1.807, 2.05) is 0 Å². The molecular formula is C10H13NO2. The van der Waals surface area contributed by atoms with Gasteiger partial charge in [-0.05, 0) is 25.0 Å². The number of hydrogen-bond donors (Lipinski definition) is 1. The summed E-state index contributed by atoms with van der Waals surface area (Å²) in [6.07, 6.45) is 3.58. The molecule has 0 bridgehead atoms. The van der Waals surface area contributed by atoms with Crippen LogP contribution in [0.3, 0.4) is 0 Å².